The van der Waals surface area contributed by atoms with E-state index in [-0.39, 0.29) is 9.96 Å². The van der Waals surface area contributed by atoms with E-state index >= 15 is 0 Å². The molecule has 0 aliphatic carbocycles. The highest BCUT2D eigenvalue weighted by Gasteiger charge is 2.21. The zero-order valence-electron chi connectivity index (χ0n) is 11.2. The SMILES string of the molecule is C=CCc1ccc(OS(=O)(=O)c2ccc(Br)s2)c(OC)c1. The van der Waals surface area contributed by atoms with Crippen LogP contribution in [0.5, 0.6) is 11.5 Å². The molecule has 1 aromatic carbocycles. The van der Waals surface area contributed by atoms with Gasteiger partial charge in [0.25, 0.3) is 0 Å². The van der Waals surface area contributed by atoms with Crippen LogP contribution >= 0.6 is 27.3 Å². The van der Waals surface area contributed by atoms with E-state index in [4.69, 9.17) is 8.92 Å². The number of allylic oxidation sites excluding steroid dienone is 1. The highest BCUT2D eigenvalue weighted by atomic mass is 79.9. The fraction of sp³-hybridized carbons (Fsp3) is 0.143. The van der Waals surface area contributed by atoms with E-state index < -0.39 is 10.1 Å². The van der Waals surface area contributed by atoms with Gasteiger partial charge in [-0.1, -0.05) is 12.1 Å². The molecule has 112 valence electrons. The summed E-state index contributed by atoms with van der Waals surface area (Å²) in [6, 6.07) is 8.24. The summed E-state index contributed by atoms with van der Waals surface area (Å²) in [4.78, 5) is 0. The lowest BCUT2D eigenvalue weighted by Crippen LogP contribution is -2.09. The van der Waals surface area contributed by atoms with Gasteiger partial charge in [0, 0.05) is 0 Å². The number of rotatable bonds is 6. The largest absolute Gasteiger partial charge is 0.493 e. The van der Waals surface area contributed by atoms with Crippen molar-refractivity contribution in [3.05, 3.63) is 52.3 Å². The molecule has 0 N–H and O–H groups in total. The van der Waals surface area contributed by atoms with Gasteiger partial charge in [0.2, 0.25) is 0 Å². The molecule has 0 atom stereocenters. The molecule has 21 heavy (non-hydrogen) atoms. The number of benzene rings is 1. The quantitative estimate of drug-likeness (QED) is 0.553. The first-order valence-electron chi connectivity index (χ1n) is 5.94. The van der Waals surface area contributed by atoms with Crippen LogP contribution in [0.2, 0.25) is 0 Å². The summed E-state index contributed by atoms with van der Waals surface area (Å²) in [6.07, 6.45) is 2.43. The first-order valence-corrected chi connectivity index (χ1v) is 8.95. The topological polar surface area (TPSA) is 52.6 Å². The summed E-state index contributed by atoms with van der Waals surface area (Å²) in [5.41, 5.74) is 0.963. The van der Waals surface area contributed by atoms with E-state index in [1.54, 1.807) is 30.3 Å². The lowest BCUT2D eigenvalue weighted by Gasteiger charge is -2.11. The lowest BCUT2D eigenvalue weighted by atomic mass is 10.1. The standard InChI is InChI=1S/C14H13BrO4S2/c1-3-4-10-5-6-11(12(9-10)18-2)19-21(16,17)14-8-7-13(15)20-14/h3,5-9H,1,4H2,2H3. The van der Waals surface area contributed by atoms with Crippen LogP contribution < -0.4 is 8.92 Å². The van der Waals surface area contributed by atoms with Crippen LogP contribution in [0, 0.1) is 0 Å². The molecular weight excluding hydrogens is 376 g/mol. The van der Waals surface area contributed by atoms with E-state index in [0.29, 0.717) is 12.2 Å². The number of hydrogen-bond donors (Lipinski definition) is 0. The zero-order valence-corrected chi connectivity index (χ0v) is 14.4. The summed E-state index contributed by atoms with van der Waals surface area (Å²) < 4.78 is 35.6. The Hall–Kier alpha value is -1.31. The Morgan fingerprint density at radius 3 is 2.62 bits per heavy atom. The Morgan fingerprint density at radius 1 is 1.29 bits per heavy atom. The molecule has 0 saturated carbocycles. The van der Waals surface area contributed by atoms with Gasteiger partial charge >= 0.3 is 10.1 Å². The molecule has 2 aromatic rings. The molecule has 0 radical (unpaired) electrons. The van der Waals surface area contributed by atoms with E-state index in [0.717, 1.165) is 20.7 Å². The maximum Gasteiger partial charge on any atom is 0.348 e. The van der Waals surface area contributed by atoms with Crippen molar-refractivity contribution in [2.45, 2.75) is 10.6 Å². The molecule has 0 spiro atoms. The van der Waals surface area contributed by atoms with Crippen molar-refractivity contribution >= 4 is 37.4 Å². The van der Waals surface area contributed by atoms with Crippen LogP contribution in [0.1, 0.15) is 5.56 Å². The van der Waals surface area contributed by atoms with E-state index in [9.17, 15) is 8.42 Å². The van der Waals surface area contributed by atoms with Gasteiger partial charge < -0.3 is 8.92 Å². The van der Waals surface area contributed by atoms with Gasteiger partial charge in [0.05, 0.1) is 10.9 Å². The molecule has 0 fully saturated rings. The molecule has 4 nitrogen and oxygen atoms in total. The van der Waals surface area contributed by atoms with Gasteiger partial charge in [-0.15, -0.1) is 17.9 Å². The van der Waals surface area contributed by atoms with Crippen LogP contribution in [0.4, 0.5) is 0 Å². The van der Waals surface area contributed by atoms with Crippen molar-refractivity contribution in [2.24, 2.45) is 0 Å². The summed E-state index contributed by atoms with van der Waals surface area (Å²) >= 11 is 4.32. The molecule has 0 aliphatic rings. The highest BCUT2D eigenvalue weighted by molar-refractivity contribution is 9.11. The Balaban J connectivity index is 2.32. The summed E-state index contributed by atoms with van der Waals surface area (Å²) in [5.74, 6) is 0.531. The molecule has 1 heterocycles. The Bertz CT molecular complexity index is 750. The minimum Gasteiger partial charge on any atom is -0.493 e. The average molecular weight is 389 g/mol. The first-order chi connectivity index (χ1) is 9.96. The lowest BCUT2D eigenvalue weighted by molar-refractivity contribution is 0.390. The molecule has 0 saturated heterocycles. The number of ether oxygens (including phenoxy) is 1. The van der Waals surface area contributed by atoms with Gasteiger partial charge in [0.15, 0.2) is 15.7 Å². The van der Waals surface area contributed by atoms with Crippen molar-refractivity contribution in [3.8, 4) is 11.5 Å². The minimum atomic E-state index is -3.86. The van der Waals surface area contributed by atoms with Crippen LogP contribution in [-0.2, 0) is 16.5 Å². The zero-order chi connectivity index (χ0) is 15.5. The molecule has 2 rings (SSSR count). The Kier molecular flexibility index (Phi) is 5.08. The second-order valence-electron chi connectivity index (χ2n) is 4.07. The maximum atomic E-state index is 12.2. The van der Waals surface area contributed by atoms with Crippen molar-refractivity contribution in [2.75, 3.05) is 7.11 Å². The van der Waals surface area contributed by atoms with E-state index in [1.165, 1.54) is 13.2 Å². The molecule has 7 heteroatoms. The number of hydrogen-bond acceptors (Lipinski definition) is 5. The monoisotopic (exact) mass is 388 g/mol. The third kappa shape index (κ3) is 3.87. The summed E-state index contributed by atoms with van der Waals surface area (Å²) in [5, 5.41) is 0. The highest BCUT2D eigenvalue weighted by Crippen LogP contribution is 2.33. The molecule has 0 amide bonds. The Morgan fingerprint density at radius 2 is 2.05 bits per heavy atom. The van der Waals surface area contributed by atoms with E-state index in [2.05, 4.69) is 22.5 Å². The minimum absolute atomic E-state index is 0.131. The van der Waals surface area contributed by atoms with Gasteiger partial charge in [0.1, 0.15) is 0 Å². The van der Waals surface area contributed by atoms with Crippen LogP contribution in [0.25, 0.3) is 0 Å². The average Bonchev–Trinajstić information content (AvgIpc) is 2.88. The Labute approximate surface area is 136 Å². The number of thiophene rings is 1. The van der Waals surface area contributed by atoms with Crippen LogP contribution in [0.15, 0.2) is 51.0 Å². The first kappa shape index (κ1) is 16.1. The van der Waals surface area contributed by atoms with Crippen LogP contribution in [-0.4, -0.2) is 15.5 Å². The smallest absolute Gasteiger partial charge is 0.348 e. The predicted molar refractivity (Wildman–Crippen MR) is 86.7 cm³/mol. The molecule has 1 aromatic heterocycles. The van der Waals surface area contributed by atoms with Gasteiger partial charge in [-0.05, 0) is 52.2 Å². The normalized spacial score (nSPS) is 11.1. The van der Waals surface area contributed by atoms with Gasteiger partial charge in [-0.3, -0.25) is 0 Å². The molecule has 0 unspecified atom stereocenters. The van der Waals surface area contributed by atoms with Crippen molar-refractivity contribution in [1.29, 1.82) is 0 Å². The van der Waals surface area contributed by atoms with Gasteiger partial charge in [-0.2, -0.15) is 8.42 Å². The molecule has 0 bridgehead atoms. The second kappa shape index (κ2) is 6.64. The maximum absolute atomic E-state index is 12.2. The third-order valence-corrected chi connectivity index (χ3v) is 5.91. The van der Waals surface area contributed by atoms with Crippen molar-refractivity contribution in [3.63, 3.8) is 0 Å². The fourth-order valence-electron chi connectivity index (χ4n) is 1.67. The van der Waals surface area contributed by atoms with Gasteiger partial charge in [-0.25, -0.2) is 0 Å². The molecular formula is C14H13BrO4S2. The summed E-state index contributed by atoms with van der Waals surface area (Å²) in [6.45, 7) is 3.66. The van der Waals surface area contributed by atoms with Crippen LogP contribution in [0.3, 0.4) is 0 Å². The van der Waals surface area contributed by atoms with Crippen molar-refractivity contribution in [1.82, 2.24) is 0 Å². The van der Waals surface area contributed by atoms with Crippen molar-refractivity contribution < 1.29 is 17.3 Å². The predicted octanol–water partition coefficient (Wildman–Crippen LogP) is 4.02. The summed E-state index contributed by atoms with van der Waals surface area (Å²) in [7, 11) is -2.40. The number of methoxy groups -OCH3 is 1. The van der Waals surface area contributed by atoms with E-state index in [1.807, 2.05) is 0 Å². The third-order valence-electron chi connectivity index (χ3n) is 2.60. The fourth-order valence-corrected chi connectivity index (χ4v) is 4.58. The molecule has 0 aliphatic heterocycles. The second-order valence-corrected chi connectivity index (χ2v) is 8.31. The number of halogens is 1.